The first-order chi connectivity index (χ1) is 11.5. The van der Waals surface area contributed by atoms with Crippen molar-refractivity contribution in [2.45, 2.75) is 13.3 Å². The van der Waals surface area contributed by atoms with Crippen molar-refractivity contribution in [1.29, 1.82) is 0 Å². The third kappa shape index (κ3) is 5.58. The van der Waals surface area contributed by atoms with E-state index >= 15 is 0 Å². The molecule has 1 saturated heterocycles. The summed E-state index contributed by atoms with van der Waals surface area (Å²) in [5, 5.41) is 4.88. The molecule has 2 rings (SSSR count). The fraction of sp³-hybridized carbons (Fsp3) is 0.529. The van der Waals surface area contributed by atoms with Gasteiger partial charge in [0.1, 0.15) is 5.82 Å². The number of aryl methyl sites for hydroxylation is 1. The van der Waals surface area contributed by atoms with E-state index in [1.165, 1.54) is 12.1 Å². The average Bonchev–Trinajstić information content (AvgIpc) is 2.56. The summed E-state index contributed by atoms with van der Waals surface area (Å²) in [5.41, 5.74) is 0.826. The number of nitrogens with one attached hydrogen (secondary N) is 2. The van der Waals surface area contributed by atoms with Crippen molar-refractivity contribution >= 4 is 17.5 Å². The molecule has 0 aromatic heterocycles. The highest BCUT2D eigenvalue weighted by Gasteiger charge is 2.16. The van der Waals surface area contributed by atoms with Crippen LogP contribution in [-0.4, -0.2) is 67.9 Å². The number of nitrogens with zero attached hydrogens (tertiary/aromatic N) is 2. The maximum atomic E-state index is 13.6. The first-order valence-corrected chi connectivity index (χ1v) is 8.22. The molecule has 7 heteroatoms. The first-order valence-electron chi connectivity index (χ1n) is 8.22. The Hall–Kier alpha value is -1.99. The molecular weight excluding hydrogens is 311 g/mol. The van der Waals surface area contributed by atoms with Gasteiger partial charge in [-0.05, 0) is 44.6 Å². The molecule has 1 heterocycles. The maximum absolute atomic E-state index is 13.6. The van der Waals surface area contributed by atoms with E-state index < -0.39 is 17.6 Å². The summed E-state index contributed by atoms with van der Waals surface area (Å²) in [6.45, 7) is 7.26. The number of benzene rings is 1. The third-order valence-electron chi connectivity index (χ3n) is 4.11. The van der Waals surface area contributed by atoms with Crippen molar-refractivity contribution in [3.05, 3.63) is 29.6 Å². The van der Waals surface area contributed by atoms with Crippen molar-refractivity contribution in [3.63, 3.8) is 0 Å². The Balaban J connectivity index is 1.68. The fourth-order valence-corrected chi connectivity index (χ4v) is 2.57. The van der Waals surface area contributed by atoms with Crippen LogP contribution in [0.3, 0.4) is 0 Å². The van der Waals surface area contributed by atoms with Gasteiger partial charge in [-0.3, -0.25) is 9.59 Å². The smallest absolute Gasteiger partial charge is 0.313 e. The van der Waals surface area contributed by atoms with E-state index in [0.29, 0.717) is 6.54 Å². The second-order valence-corrected chi connectivity index (χ2v) is 6.19. The molecule has 24 heavy (non-hydrogen) atoms. The zero-order chi connectivity index (χ0) is 17.5. The minimum atomic E-state index is -0.848. The lowest BCUT2D eigenvalue weighted by Gasteiger charge is -2.32. The van der Waals surface area contributed by atoms with E-state index in [1.807, 2.05) is 0 Å². The Morgan fingerprint density at radius 3 is 2.58 bits per heavy atom. The van der Waals surface area contributed by atoms with Crippen LogP contribution in [0, 0.1) is 12.7 Å². The van der Waals surface area contributed by atoms with Crippen molar-refractivity contribution in [2.24, 2.45) is 0 Å². The van der Waals surface area contributed by atoms with Gasteiger partial charge in [0.2, 0.25) is 0 Å². The lowest BCUT2D eigenvalue weighted by Crippen LogP contribution is -2.45. The van der Waals surface area contributed by atoms with Gasteiger partial charge in [-0.15, -0.1) is 0 Å². The van der Waals surface area contributed by atoms with Crippen molar-refractivity contribution in [3.8, 4) is 0 Å². The Morgan fingerprint density at radius 2 is 1.88 bits per heavy atom. The summed E-state index contributed by atoms with van der Waals surface area (Å²) < 4.78 is 13.6. The van der Waals surface area contributed by atoms with Gasteiger partial charge in [-0.2, -0.15) is 0 Å². The molecule has 0 atom stereocenters. The number of hydrogen-bond acceptors (Lipinski definition) is 4. The predicted molar refractivity (Wildman–Crippen MR) is 91.3 cm³/mol. The second kappa shape index (κ2) is 8.75. The van der Waals surface area contributed by atoms with Crippen LogP contribution in [-0.2, 0) is 9.59 Å². The number of rotatable bonds is 5. The molecule has 1 aliphatic heterocycles. The number of likely N-dealkylation sites (N-methyl/N-ethyl adjacent to an activating group) is 1. The maximum Gasteiger partial charge on any atom is 0.313 e. The van der Waals surface area contributed by atoms with Crippen LogP contribution in [0.5, 0.6) is 0 Å². The van der Waals surface area contributed by atoms with E-state index in [4.69, 9.17) is 0 Å². The number of amides is 2. The van der Waals surface area contributed by atoms with E-state index in [1.54, 1.807) is 13.0 Å². The molecule has 0 spiro atoms. The molecule has 1 fully saturated rings. The lowest BCUT2D eigenvalue weighted by molar-refractivity contribution is -0.136. The van der Waals surface area contributed by atoms with Gasteiger partial charge in [0.05, 0.1) is 5.69 Å². The fourth-order valence-electron chi connectivity index (χ4n) is 2.57. The van der Waals surface area contributed by atoms with Crippen molar-refractivity contribution in [2.75, 3.05) is 51.6 Å². The van der Waals surface area contributed by atoms with Crippen LogP contribution in [0.2, 0.25) is 0 Å². The predicted octanol–water partition coefficient (Wildman–Crippen LogP) is 0.826. The van der Waals surface area contributed by atoms with E-state index in [2.05, 4.69) is 27.5 Å². The van der Waals surface area contributed by atoms with E-state index in [0.717, 1.165) is 44.7 Å². The lowest BCUT2D eigenvalue weighted by atomic mass is 10.2. The van der Waals surface area contributed by atoms with Crippen molar-refractivity contribution < 1.29 is 14.0 Å². The number of halogens is 1. The van der Waals surface area contributed by atoms with Gasteiger partial charge in [0.25, 0.3) is 0 Å². The largest absolute Gasteiger partial charge is 0.348 e. The van der Waals surface area contributed by atoms with Gasteiger partial charge in [0, 0.05) is 32.7 Å². The van der Waals surface area contributed by atoms with Gasteiger partial charge in [0.15, 0.2) is 0 Å². The number of piperazine rings is 1. The molecule has 1 aromatic rings. The van der Waals surface area contributed by atoms with Crippen LogP contribution in [0.4, 0.5) is 10.1 Å². The number of anilines is 1. The molecule has 132 valence electrons. The first kappa shape index (κ1) is 18.4. The zero-order valence-electron chi connectivity index (χ0n) is 14.3. The Labute approximate surface area is 142 Å². The Kier molecular flexibility index (Phi) is 6.69. The highest BCUT2D eigenvalue weighted by atomic mass is 19.1. The van der Waals surface area contributed by atoms with Crippen LogP contribution in [0.25, 0.3) is 0 Å². The van der Waals surface area contributed by atoms with Crippen LogP contribution < -0.4 is 10.6 Å². The molecule has 0 bridgehead atoms. The Morgan fingerprint density at radius 1 is 1.17 bits per heavy atom. The third-order valence-corrected chi connectivity index (χ3v) is 4.11. The highest BCUT2D eigenvalue weighted by Crippen LogP contribution is 2.15. The standard InChI is InChI=1S/C17H25FN4O2/c1-13-4-5-14(18)15(12-13)20-17(24)16(23)19-6-3-7-22-10-8-21(2)9-11-22/h4-5,12H,3,6-11H2,1-2H3,(H,19,23)(H,20,24). The van der Waals surface area contributed by atoms with Crippen LogP contribution in [0.15, 0.2) is 18.2 Å². The van der Waals surface area contributed by atoms with Gasteiger partial charge >= 0.3 is 11.8 Å². The average molecular weight is 336 g/mol. The van der Waals surface area contributed by atoms with Gasteiger partial charge in [-0.1, -0.05) is 6.07 Å². The normalized spacial score (nSPS) is 16.0. The topological polar surface area (TPSA) is 64.7 Å². The van der Waals surface area contributed by atoms with Gasteiger partial charge < -0.3 is 20.4 Å². The summed E-state index contributed by atoms with van der Waals surface area (Å²) in [7, 11) is 2.10. The van der Waals surface area contributed by atoms with E-state index in [-0.39, 0.29) is 5.69 Å². The quantitative estimate of drug-likeness (QED) is 0.617. The SMILES string of the molecule is Cc1ccc(F)c(NC(=O)C(=O)NCCCN2CCN(C)CC2)c1. The molecule has 1 aromatic carbocycles. The molecule has 0 aliphatic carbocycles. The minimum absolute atomic E-state index is 0.0209. The molecule has 0 radical (unpaired) electrons. The molecule has 2 amide bonds. The highest BCUT2D eigenvalue weighted by molar-refractivity contribution is 6.39. The summed E-state index contributed by atoms with van der Waals surface area (Å²) >= 11 is 0. The van der Waals surface area contributed by atoms with E-state index in [9.17, 15) is 14.0 Å². The molecule has 1 aliphatic rings. The molecule has 2 N–H and O–H groups in total. The molecular formula is C17H25FN4O2. The van der Waals surface area contributed by atoms with Crippen molar-refractivity contribution in [1.82, 2.24) is 15.1 Å². The number of carbonyl (C=O) groups is 2. The van der Waals surface area contributed by atoms with Gasteiger partial charge in [-0.25, -0.2) is 4.39 Å². The summed E-state index contributed by atoms with van der Waals surface area (Å²) in [6, 6.07) is 4.36. The summed E-state index contributed by atoms with van der Waals surface area (Å²) in [6.07, 6.45) is 0.779. The monoisotopic (exact) mass is 336 g/mol. The van der Waals surface area contributed by atoms with Crippen LogP contribution >= 0.6 is 0 Å². The molecule has 0 saturated carbocycles. The summed E-state index contributed by atoms with van der Waals surface area (Å²) in [4.78, 5) is 28.2. The molecule has 0 unspecified atom stereocenters. The number of hydrogen-bond donors (Lipinski definition) is 2. The summed E-state index contributed by atoms with van der Waals surface area (Å²) in [5.74, 6) is -2.15. The number of carbonyl (C=O) groups excluding carboxylic acids is 2. The molecule has 6 nitrogen and oxygen atoms in total. The minimum Gasteiger partial charge on any atom is -0.348 e. The second-order valence-electron chi connectivity index (χ2n) is 6.19. The zero-order valence-corrected chi connectivity index (χ0v) is 14.3. The van der Waals surface area contributed by atoms with Crippen LogP contribution in [0.1, 0.15) is 12.0 Å². The Bertz CT molecular complexity index is 586.